The largest absolute Gasteiger partial charge is 0.393 e. The van der Waals surface area contributed by atoms with Crippen LogP contribution in [0.1, 0.15) is 19.3 Å². The Morgan fingerprint density at radius 1 is 1.40 bits per heavy atom. The summed E-state index contributed by atoms with van der Waals surface area (Å²) in [5, 5.41) is 12.0. The molecular weight excluding hydrogens is 196 g/mol. The Balaban J connectivity index is 1.88. The number of rotatable bonds is 1. The number of likely N-dealkylation sites (tertiary alicyclic amines) is 1. The minimum atomic E-state index is -0.266. The van der Waals surface area contributed by atoms with E-state index < -0.39 is 0 Å². The van der Waals surface area contributed by atoms with Crippen LogP contribution in [0.3, 0.4) is 0 Å². The molecule has 0 aliphatic carbocycles. The lowest BCUT2D eigenvalue weighted by molar-refractivity contribution is -0.137. The minimum Gasteiger partial charge on any atom is -0.393 e. The zero-order chi connectivity index (χ0) is 10.8. The average Bonchev–Trinajstić information content (AvgIpc) is 2.65. The molecule has 2 saturated heterocycles. The summed E-state index contributed by atoms with van der Waals surface area (Å²) in [5.74, 6) is -0.168. The van der Waals surface area contributed by atoms with Crippen LogP contribution in [0.15, 0.2) is 0 Å². The first-order valence-electron chi connectivity index (χ1n) is 5.40. The molecular formula is C10H16N2O3. The molecule has 2 N–H and O–H groups in total. The van der Waals surface area contributed by atoms with Gasteiger partial charge < -0.3 is 15.3 Å². The van der Waals surface area contributed by atoms with Crippen LogP contribution in [0, 0.1) is 5.92 Å². The molecule has 2 heterocycles. The summed E-state index contributed by atoms with van der Waals surface area (Å²) in [4.78, 5) is 24.6. The van der Waals surface area contributed by atoms with Crippen molar-refractivity contribution in [1.29, 1.82) is 0 Å². The maximum atomic E-state index is 11.9. The van der Waals surface area contributed by atoms with Crippen molar-refractivity contribution in [2.75, 3.05) is 19.6 Å². The van der Waals surface area contributed by atoms with E-state index >= 15 is 0 Å². The summed E-state index contributed by atoms with van der Waals surface area (Å²) in [6.45, 7) is 1.70. The molecule has 0 aromatic heterocycles. The van der Waals surface area contributed by atoms with E-state index in [0.29, 0.717) is 38.9 Å². The summed E-state index contributed by atoms with van der Waals surface area (Å²) in [6, 6.07) is 0. The molecule has 84 valence electrons. The maximum absolute atomic E-state index is 11.9. The first-order chi connectivity index (χ1) is 7.16. The van der Waals surface area contributed by atoms with Gasteiger partial charge in [0.05, 0.1) is 12.0 Å². The van der Waals surface area contributed by atoms with Crippen molar-refractivity contribution in [2.24, 2.45) is 5.92 Å². The number of carbonyl (C=O) groups is 2. The highest BCUT2D eigenvalue weighted by molar-refractivity contribution is 5.89. The van der Waals surface area contributed by atoms with Crippen LogP contribution in [0.5, 0.6) is 0 Å². The Labute approximate surface area is 88.4 Å². The number of hydrogen-bond donors (Lipinski definition) is 2. The van der Waals surface area contributed by atoms with Gasteiger partial charge >= 0.3 is 0 Å². The second kappa shape index (κ2) is 4.18. The van der Waals surface area contributed by atoms with E-state index in [4.69, 9.17) is 0 Å². The monoisotopic (exact) mass is 212 g/mol. The van der Waals surface area contributed by atoms with E-state index in [9.17, 15) is 14.7 Å². The van der Waals surface area contributed by atoms with Crippen LogP contribution in [-0.4, -0.2) is 47.6 Å². The Morgan fingerprint density at radius 3 is 2.60 bits per heavy atom. The Morgan fingerprint density at radius 2 is 2.07 bits per heavy atom. The molecule has 2 aliphatic heterocycles. The van der Waals surface area contributed by atoms with E-state index in [1.165, 1.54) is 0 Å². The molecule has 0 aromatic carbocycles. The summed E-state index contributed by atoms with van der Waals surface area (Å²) < 4.78 is 0. The van der Waals surface area contributed by atoms with Gasteiger partial charge in [0.15, 0.2) is 0 Å². The molecule has 5 heteroatoms. The van der Waals surface area contributed by atoms with E-state index in [1.54, 1.807) is 4.90 Å². The number of aliphatic hydroxyl groups excluding tert-OH is 1. The molecule has 0 aromatic rings. The molecule has 5 nitrogen and oxygen atoms in total. The molecule has 2 fully saturated rings. The number of nitrogens with zero attached hydrogens (tertiary/aromatic N) is 1. The molecule has 0 spiro atoms. The summed E-state index contributed by atoms with van der Waals surface area (Å²) in [7, 11) is 0. The standard InChI is InChI=1S/C10H16N2O3/c13-8-1-3-12(4-2-8)10(15)7-5-9(14)11-6-7/h7-8,13H,1-6H2,(H,11,14). The van der Waals surface area contributed by atoms with Gasteiger partial charge in [-0.1, -0.05) is 0 Å². The van der Waals surface area contributed by atoms with Crippen LogP contribution in [-0.2, 0) is 9.59 Å². The molecule has 2 aliphatic rings. The lowest BCUT2D eigenvalue weighted by Gasteiger charge is -2.31. The maximum Gasteiger partial charge on any atom is 0.227 e. The Kier molecular flexibility index (Phi) is 2.90. The van der Waals surface area contributed by atoms with Gasteiger partial charge in [0.1, 0.15) is 0 Å². The normalized spacial score (nSPS) is 27.9. The van der Waals surface area contributed by atoms with Crippen molar-refractivity contribution >= 4 is 11.8 Å². The van der Waals surface area contributed by atoms with Crippen molar-refractivity contribution in [3.63, 3.8) is 0 Å². The molecule has 1 atom stereocenters. The molecule has 1 unspecified atom stereocenters. The first-order valence-corrected chi connectivity index (χ1v) is 5.40. The van der Waals surface area contributed by atoms with Gasteiger partial charge in [-0.2, -0.15) is 0 Å². The van der Waals surface area contributed by atoms with Crippen molar-refractivity contribution < 1.29 is 14.7 Å². The van der Waals surface area contributed by atoms with Gasteiger partial charge in [0.25, 0.3) is 0 Å². The topological polar surface area (TPSA) is 69.6 Å². The molecule has 0 saturated carbocycles. The fraction of sp³-hybridized carbons (Fsp3) is 0.800. The predicted molar refractivity (Wildman–Crippen MR) is 52.9 cm³/mol. The molecule has 0 bridgehead atoms. The van der Waals surface area contributed by atoms with Crippen LogP contribution >= 0.6 is 0 Å². The zero-order valence-corrected chi connectivity index (χ0v) is 8.61. The lowest BCUT2D eigenvalue weighted by Crippen LogP contribution is -2.43. The Hall–Kier alpha value is -1.10. The van der Waals surface area contributed by atoms with E-state index in [-0.39, 0.29) is 23.8 Å². The predicted octanol–water partition coefficient (Wildman–Crippen LogP) is -0.894. The van der Waals surface area contributed by atoms with E-state index in [2.05, 4.69) is 5.32 Å². The van der Waals surface area contributed by atoms with Crippen LogP contribution in [0.4, 0.5) is 0 Å². The van der Waals surface area contributed by atoms with Gasteiger partial charge in [0.2, 0.25) is 11.8 Å². The van der Waals surface area contributed by atoms with Crippen LogP contribution in [0.25, 0.3) is 0 Å². The summed E-state index contributed by atoms with van der Waals surface area (Å²) >= 11 is 0. The highest BCUT2D eigenvalue weighted by Gasteiger charge is 2.32. The molecule has 0 radical (unpaired) electrons. The number of piperidine rings is 1. The van der Waals surface area contributed by atoms with Gasteiger partial charge in [-0.05, 0) is 12.8 Å². The SMILES string of the molecule is O=C1CC(C(=O)N2CCC(O)CC2)CN1. The highest BCUT2D eigenvalue weighted by atomic mass is 16.3. The second-order valence-corrected chi connectivity index (χ2v) is 4.26. The van der Waals surface area contributed by atoms with Gasteiger partial charge in [-0.25, -0.2) is 0 Å². The van der Waals surface area contributed by atoms with Gasteiger partial charge in [-0.3, -0.25) is 9.59 Å². The number of carbonyl (C=O) groups excluding carboxylic acids is 2. The minimum absolute atomic E-state index is 0.0367. The van der Waals surface area contributed by atoms with Crippen molar-refractivity contribution in [3.8, 4) is 0 Å². The second-order valence-electron chi connectivity index (χ2n) is 4.26. The van der Waals surface area contributed by atoms with Crippen molar-refractivity contribution in [1.82, 2.24) is 10.2 Å². The fourth-order valence-electron chi connectivity index (χ4n) is 2.12. The highest BCUT2D eigenvalue weighted by Crippen LogP contribution is 2.17. The third kappa shape index (κ3) is 2.28. The smallest absolute Gasteiger partial charge is 0.227 e. The van der Waals surface area contributed by atoms with E-state index in [0.717, 1.165) is 0 Å². The van der Waals surface area contributed by atoms with Crippen molar-refractivity contribution in [3.05, 3.63) is 0 Å². The number of amides is 2. The fourth-order valence-corrected chi connectivity index (χ4v) is 2.12. The molecule has 2 rings (SSSR count). The quantitative estimate of drug-likeness (QED) is 0.592. The summed E-state index contributed by atoms with van der Waals surface area (Å²) in [6.07, 6.45) is 1.36. The van der Waals surface area contributed by atoms with Gasteiger partial charge in [0, 0.05) is 26.1 Å². The third-order valence-corrected chi connectivity index (χ3v) is 3.10. The van der Waals surface area contributed by atoms with E-state index in [1.807, 2.05) is 0 Å². The van der Waals surface area contributed by atoms with Crippen molar-refractivity contribution in [2.45, 2.75) is 25.4 Å². The number of nitrogens with one attached hydrogen (secondary N) is 1. The number of aliphatic hydroxyl groups is 1. The third-order valence-electron chi connectivity index (χ3n) is 3.10. The number of hydrogen-bond acceptors (Lipinski definition) is 3. The molecule has 15 heavy (non-hydrogen) atoms. The average molecular weight is 212 g/mol. The zero-order valence-electron chi connectivity index (χ0n) is 8.61. The first kappa shape index (κ1) is 10.4. The summed E-state index contributed by atoms with van der Waals surface area (Å²) in [5.41, 5.74) is 0. The molecule has 2 amide bonds. The Bertz CT molecular complexity index is 272. The van der Waals surface area contributed by atoms with Gasteiger partial charge in [-0.15, -0.1) is 0 Å². The van der Waals surface area contributed by atoms with Crippen LogP contribution < -0.4 is 5.32 Å². The lowest BCUT2D eigenvalue weighted by atomic mass is 10.0. The van der Waals surface area contributed by atoms with Crippen LogP contribution in [0.2, 0.25) is 0 Å².